The number of aryl methyl sites for hydroxylation is 3. The summed E-state index contributed by atoms with van der Waals surface area (Å²) >= 11 is 1.37. The predicted molar refractivity (Wildman–Crippen MR) is 120 cm³/mol. The van der Waals surface area contributed by atoms with Crippen molar-refractivity contribution in [3.05, 3.63) is 77.6 Å². The number of hydrogen-bond acceptors (Lipinski definition) is 5. The van der Waals surface area contributed by atoms with Gasteiger partial charge >= 0.3 is 0 Å². The molecule has 0 fully saturated rings. The third-order valence-electron chi connectivity index (χ3n) is 5.12. The number of rotatable bonds is 5. The molecule has 2 heterocycles. The van der Waals surface area contributed by atoms with Crippen molar-refractivity contribution in [3.8, 4) is 11.8 Å². The third kappa shape index (κ3) is 3.58. The Morgan fingerprint density at radius 1 is 1.17 bits per heavy atom. The molecule has 4 rings (SSSR count). The lowest BCUT2D eigenvalue weighted by molar-refractivity contribution is 0.420. The highest BCUT2D eigenvalue weighted by Crippen LogP contribution is 2.27. The van der Waals surface area contributed by atoms with Crippen molar-refractivity contribution in [3.63, 3.8) is 0 Å². The average Bonchev–Trinajstić information content (AvgIpc) is 3.34. The Kier molecular flexibility index (Phi) is 5.34. The number of nitriles is 1. The van der Waals surface area contributed by atoms with Gasteiger partial charge in [-0.3, -0.25) is 4.57 Å². The Labute approximate surface area is 179 Å². The van der Waals surface area contributed by atoms with Gasteiger partial charge < -0.3 is 9.67 Å². The van der Waals surface area contributed by atoms with E-state index >= 15 is 0 Å². The van der Waals surface area contributed by atoms with Gasteiger partial charge in [0.25, 0.3) is 0 Å². The first-order chi connectivity index (χ1) is 14.5. The normalized spacial score (nSPS) is 12.1. The molecule has 0 aliphatic carbocycles. The topological polar surface area (TPSA) is 79.7 Å². The third-order valence-corrected chi connectivity index (χ3v) is 6.10. The summed E-state index contributed by atoms with van der Waals surface area (Å²) in [6.45, 7) is 4.16. The molecular weight excluding hydrogens is 394 g/mol. The zero-order valence-electron chi connectivity index (χ0n) is 17.0. The van der Waals surface area contributed by atoms with Gasteiger partial charge in [0, 0.05) is 25.1 Å². The Hall–Kier alpha value is -3.50. The van der Waals surface area contributed by atoms with Gasteiger partial charge in [-0.25, -0.2) is 9.97 Å². The molecule has 0 atom stereocenters. The first-order valence-electron chi connectivity index (χ1n) is 9.47. The summed E-state index contributed by atoms with van der Waals surface area (Å²) < 4.78 is 3.80. The second kappa shape index (κ2) is 8.09. The molecule has 0 aliphatic rings. The van der Waals surface area contributed by atoms with E-state index in [0.29, 0.717) is 5.82 Å². The van der Waals surface area contributed by atoms with Crippen LogP contribution in [0.25, 0.3) is 22.3 Å². The molecule has 6 nitrogen and oxygen atoms in total. The first kappa shape index (κ1) is 19.8. The zero-order chi connectivity index (χ0) is 21.3. The molecular formula is C23H21N5OS. The number of thioether (sulfide) groups is 1. The van der Waals surface area contributed by atoms with E-state index in [9.17, 15) is 10.4 Å². The number of aromatic nitrogens is 4. The number of allylic oxidation sites excluding steroid dienone is 1. The smallest absolute Gasteiger partial charge is 0.173 e. The lowest BCUT2D eigenvalue weighted by Gasteiger charge is -2.10. The van der Waals surface area contributed by atoms with Gasteiger partial charge in [0.15, 0.2) is 11.0 Å². The van der Waals surface area contributed by atoms with Crippen molar-refractivity contribution in [2.75, 3.05) is 5.75 Å². The van der Waals surface area contributed by atoms with Gasteiger partial charge in [-0.1, -0.05) is 30.0 Å². The highest BCUT2D eigenvalue weighted by atomic mass is 32.2. The van der Waals surface area contributed by atoms with E-state index in [1.54, 1.807) is 6.20 Å². The quantitative estimate of drug-likeness (QED) is 0.283. The standard InChI is InChI=1S/C23H21N5OS/c1-15-8-9-17(12-16(15)2)28-11-10-25-23(28)30-14-21(29)18(13-24)22-26-19-6-4-5-7-20(19)27(22)3/h4-12,29H,14H2,1-3H3/b21-18-. The van der Waals surface area contributed by atoms with Crippen LogP contribution in [0, 0.1) is 25.2 Å². The number of fused-ring (bicyclic) bond motifs is 1. The van der Waals surface area contributed by atoms with Crippen molar-refractivity contribution in [2.24, 2.45) is 7.05 Å². The summed E-state index contributed by atoms with van der Waals surface area (Å²) in [5.74, 6) is 0.651. The number of imidazole rings is 2. The molecule has 0 amide bonds. The maximum Gasteiger partial charge on any atom is 0.173 e. The van der Waals surface area contributed by atoms with Crippen LogP contribution in [-0.2, 0) is 7.05 Å². The molecule has 0 aliphatic heterocycles. The molecule has 0 saturated heterocycles. The van der Waals surface area contributed by atoms with E-state index in [1.165, 1.54) is 22.9 Å². The summed E-state index contributed by atoms with van der Waals surface area (Å²) in [7, 11) is 1.84. The molecule has 0 unspecified atom stereocenters. The van der Waals surface area contributed by atoms with Crippen molar-refractivity contribution in [1.29, 1.82) is 5.26 Å². The molecule has 2 aromatic carbocycles. The van der Waals surface area contributed by atoms with Gasteiger partial charge in [0.2, 0.25) is 0 Å². The Balaban J connectivity index is 1.62. The van der Waals surface area contributed by atoms with E-state index in [0.717, 1.165) is 21.9 Å². The van der Waals surface area contributed by atoms with Crippen LogP contribution in [0.1, 0.15) is 17.0 Å². The van der Waals surface area contributed by atoms with E-state index in [1.807, 2.05) is 52.7 Å². The summed E-state index contributed by atoms with van der Waals surface area (Å²) in [5.41, 5.74) is 5.31. The minimum absolute atomic E-state index is 0.0180. The molecule has 0 bridgehead atoms. The molecule has 0 saturated carbocycles. The molecule has 4 aromatic rings. The average molecular weight is 416 g/mol. The van der Waals surface area contributed by atoms with Crippen LogP contribution in [0.5, 0.6) is 0 Å². The van der Waals surface area contributed by atoms with Gasteiger partial charge in [-0.05, 0) is 49.2 Å². The van der Waals surface area contributed by atoms with Crippen molar-refractivity contribution in [2.45, 2.75) is 19.0 Å². The summed E-state index contributed by atoms with van der Waals surface area (Å²) in [5, 5.41) is 21.1. The van der Waals surface area contributed by atoms with Crippen LogP contribution in [0.3, 0.4) is 0 Å². The fraction of sp³-hybridized carbons (Fsp3) is 0.174. The molecule has 2 aromatic heterocycles. The predicted octanol–water partition coefficient (Wildman–Crippen LogP) is 4.96. The zero-order valence-corrected chi connectivity index (χ0v) is 17.8. The fourth-order valence-corrected chi connectivity index (χ4v) is 4.14. The summed E-state index contributed by atoms with van der Waals surface area (Å²) in [6, 6.07) is 16.0. The number of para-hydroxylation sites is 2. The lowest BCUT2D eigenvalue weighted by Crippen LogP contribution is -2.02. The maximum absolute atomic E-state index is 10.7. The SMILES string of the molecule is Cc1ccc(-n2ccnc2SC/C(O)=C(\C#N)c2nc3ccccc3n2C)cc1C. The Morgan fingerprint density at radius 3 is 2.70 bits per heavy atom. The van der Waals surface area contributed by atoms with Crippen LogP contribution in [-0.4, -0.2) is 30.0 Å². The molecule has 0 radical (unpaired) electrons. The van der Waals surface area contributed by atoms with Crippen LogP contribution < -0.4 is 0 Å². The minimum atomic E-state index is -0.0180. The lowest BCUT2D eigenvalue weighted by atomic mass is 10.1. The van der Waals surface area contributed by atoms with Crippen molar-refractivity contribution in [1.82, 2.24) is 19.1 Å². The second-order valence-electron chi connectivity index (χ2n) is 7.05. The molecule has 30 heavy (non-hydrogen) atoms. The number of nitrogens with zero attached hydrogens (tertiary/aromatic N) is 5. The van der Waals surface area contributed by atoms with Crippen LogP contribution in [0.2, 0.25) is 0 Å². The highest BCUT2D eigenvalue weighted by molar-refractivity contribution is 7.99. The molecule has 1 N–H and O–H groups in total. The highest BCUT2D eigenvalue weighted by Gasteiger charge is 2.17. The number of aliphatic hydroxyl groups is 1. The van der Waals surface area contributed by atoms with Gasteiger partial charge in [-0.2, -0.15) is 5.26 Å². The van der Waals surface area contributed by atoms with E-state index in [2.05, 4.69) is 42.0 Å². The van der Waals surface area contributed by atoms with Crippen LogP contribution >= 0.6 is 11.8 Å². The van der Waals surface area contributed by atoms with Crippen LogP contribution in [0.4, 0.5) is 0 Å². The molecule has 0 spiro atoms. The van der Waals surface area contributed by atoms with Gasteiger partial charge in [0.05, 0.1) is 16.8 Å². The molecule has 7 heteroatoms. The van der Waals surface area contributed by atoms with E-state index in [4.69, 9.17) is 0 Å². The largest absolute Gasteiger partial charge is 0.510 e. The van der Waals surface area contributed by atoms with Crippen LogP contribution in [0.15, 0.2) is 65.8 Å². The second-order valence-corrected chi connectivity index (χ2v) is 8.00. The number of benzene rings is 2. The monoisotopic (exact) mass is 415 g/mol. The van der Waals surface area contributed by atoms with Gasteiger partial charge in [-0.15, -0.1) is 0 Å². The summed E-state index contributed by atoms with van der Waals surface area (Å²) in [4.78, 5) is 8.94. The van der Waals surface area contributed by atoms with Crippen molar-refractivity contribution >= 4 is 28.4 Å². The van der Waals surface area contributed by atoms with E-state index < -0.39 is 0 Å². The number of aliphatic hydroxyl groups excluding tert-OH is 1. The Morgan fingerprint density at radius 2 is 1.97 bits per heavy atom. The molecule has 150 valence electrons. The summed E-state index contributed by atoms with van der Waals surface area (Å²) in [6.07, 6.45) is 3.62. The first-order valence-corrected chi connectivity index (χ1v) is 10.5. The number of hydrogen-bond donors (Lipinski definition) is 1. The van der Waals surface area contributed by atoms with Gasteiger partial charge in [0.1, 0.15) is 17.4 Å². The minimum Gasteiger partial charge on any atom is -0.510 e. The maximum atomic E-state index is 10.7. The Bertz CT molecular complexity index is 1310. The van der Waals surface area contributed by atoms with E-state index in [-0.39, 0.29) is 17.1 Å². The van der Waals surface area contributed by atoms with Crippen molar-refractivity contribution < 1.29 is 5.11 Å². The fourth-order valence-electron chi connectivity index (χ4n) is 3.29.